The minimum absolute atomic E-state index is 0.0549. The maximum absolute atomic E-state index is 12.5. The lowest BCUT2D eigenvalue weighted by Gasteiger charge is -2.25. The Balaban J connectivity index is 2.63. The predicted molar refractivity (Wildman–Crippen MR) is 101 cm³/mol. The number of ether oxygens (including phenoxy) is 1. The van der Waals surface area contributed by atoms with Crippen molar-refractivity contribution in [3.05, 3.63) is 35.4 Å². The van der Waals surface area contributed by atoms with Crippen molar-refractivity contribution in [2.45, 2.75) is 65.5 Å². The maximum atomic E-state index is 12.5. The van der Waals surface area contributed by atoms with Crippen LogP contribution in [0.15, 0.2) is 24.3 Å². The van der Waals surface area contributed by atoms with E-state index >= 15 is 0 Å². The van der Waals surface area contributed by atoms with Crippen molar-refractivity contribution in [2.24, 2.45) is 0 Å². The summed E-state index contributed by atoms with van der Waals surface area (Å²) in [5.74, 6) is -0.0710. The summed E-state index contributed by atoms with van der Waals surface area (Å²) in [6.07, 6.45) is -0.477. The summed E-state index contributed by atoms with van der Waals surface area (Å²) in [6, 6.07) is 7.47. The van der Waals surface area contributed by atoms with E-state index in [-0.39, 0.29) is 17.4 Å². The van der Waals surface area contributed by atoms with Crippen LogP contribution in [0, 0.1) is 0 Å². The normalized spacial score (nSPS) is 13.1. The van der Waals surface area contributed by atoms with E-state index in [1.54, 1.807) is 11.9 Å². The molecule has 1 rings (SSSR count). The molecule has 2 amide bonds. The number of rotatable bonds is 4. The highest BCUT2D eigenvalue weighted by atomic mass is 16.6. The van der Waals surface area contributed by atoms with Crippen molar-refractivity contribution in [1.82, 2.24) is 10.2 Å². The van der Waals surface area contributed by atoms with Crippen LogP contribution in [0.25, 0.3) is 0 Å². The molecular formula is C20H32N2O3. The van der Waals surface area contributed by atoms with Crippen LogP contribution in [-0.2, 0) is 10.2 Å². The van der Waals surface area contributed by atoms with Gasteiger partial charge in [-0.15, -0.1) is 0 Å². The first-order valence-corrected chi connectivity index (χ1v) is 8.65. The van der Waals surface area contributed by atoms with Gasteiger partial charge in [0.25, 0.3) is 5.91 Å². The number of nitrogens with one attached hydrogen (secondary N) is 1. The minimum Gasteiger partial charge on any atom is -0.444 e. The van der Waals surface area contributed by atoms with Gasteiger partial charge in [0.15, 0.2) is 0 Å². The molecule has 0 saturated carbocycles. The quantitative estimate of drug-likeness (QED) is 0.896. The molecule has 1 N–H and O–H groups in total. The molecule has 0 unspecified atom stereocenters. The third kappa shape index (κ3) is 7.16. The van der Waals surface area contributed by atoms with Gasteiger partial charge in [-0.25, -0.2) is 4.79 Å². The monoisotopic (exact) mass is 348 g/mol. The van der Waals surface area contributed by atoms with Gasteiger partial charge in [-0.2, -0.15) is 0 Å². The van der Waals surface area contributed by atoms with Crippen molar-refractivity contribution in [1.29, 1.82) is 0 Å². The van der Waals surface area contributed by atoms with E-state index < -0.39 is 11.7 Å². The number of carbonyl (C=O) groups excluding carboxylic acids is 2. The SMILES string of the molecule is C[C@@H](CN(C)C(=O)c1ccc(C(C)(C)C)cc1)NC(=O)OC(C)(C)C. The summed E-state index contributed by atoms with van der Waals surface area (Å²) in [7, 11) is 1.73. The zero-order chi connectivity index (χ0) is 19.4. The highest BCUT2D eigenvalue weighted by molar-refractivity contribution is 5.94. The fourth-order valence-electron chi connectivity index (χ4n) is 2.38. The highest BCUT2D eigenvalue weighted by Gasteiger charge is 2.20. The highest BCUT2D eigenvalue weighted by Crippen LogP contribution is 2.22. The smallest absolute Gasteiger partial charge is 0.407 e. The molecule has 0 radical (unpaired) electrons. The zero-order valence-corrected chi connectivity index (χ0v) is 16.8. The molecule has 0 heterocycles. The first-order chi connectivity index (χ1) is 11.3. The molecule has 25 heavy (non-hydrogen) atoms. The van der Waals surface area contributed by atoms with Gasteiger partial charge >= 0.3 is 6.09 Å². The Labute approximate surface area is 151 Å². The first kappa shape index (κ1) is 21.0. The zero-order valence-electron chi connectivity index (χ0n) is 16.8. The molecule has 0 aliphatic heterocycles. The van der Waals surface area contributed by atoms with Gasteiger partial charge in [0.1, 0.15) is 5.60 Å². The molecule has 0 aliphatic carbocycles. The van der Waals surface area contributed by atoms with Crippen molar-refractivity contribution in [3.8, 4) is 0 Å². The molecular weight excluding hydrogens is 316 g/mol. The van der Waals surface area contributed by atoms with Crippen molar-refractivity contribution >= 4 is 12.0 Å². The summed E-state index contributed by atoms with van der Waals surface area (Å²) >= 11 is 0. The van der Waals surface area contributed by atoms with Crippen LogP contribution in [0.3, 0.4) is 0 Å². The van der Waals surface area contributed by atoms with Crippen molar-refractivity contribution in [3.63, 3.8) is 0 Å². The Kier molecular flexibility index (Phi) is 6.63. The third-order valence-corrected chi connectivity index (χ3v) is 3.66. The molecule has 0 saturated heterocycles. The Hall–Kier alpha value is -2.04. The molecule has 0 aromatic heterocycles. The van der Waals surface area contributed by atoms with Crippen molar-refractivity contribution < 1.29 is 14.3 Å². The molecule has 0 aliphatic rings. The van der Waals surface area contributed by atoms with Crippen LogP contribution in [0.5, 0.6) is 0 Å². The van der Waals surface area contributed by atoms with Gasteiger partial charge < -0.3 is 15.0 Å². The van der Waals surface area contributed by atoms with Crippen LogP contribution in [-0.4, -0.2) is 42.1 Å². The second-order valence-corrected chi connectivity index (χ2v) is 8.56. The van der Waals surface area contributed by atoms with E-state index in [9.17, 15) is 9.59 Å². The van der Waals surface area contributed by atoms with Gasteiger partial charge in [-0.1, -0.05) is 32.9 Å². The van der Waals surface area contributed by atoms with Crippen LogP contribution in [0.2, 0.25) is 0 Å². The molecule has 1 aromatic rings. The van der Waals surface area contributed by atoms with E-state index in [2.05, 4.69) is 26.1 Å². The van der Waals surface area contributed by atoms with E-state index in [0.717, 1.165) is 0 Å². The number of hydrogen-bond donors (Lipinski definition) is 1. The molecule has 0 fully saturated rings. The van der Waals surface area contributed by atoms with Gasteiger partial charge in [-0.3, -0.25) is 4.79 Å². The van der Waals surface area contributed by atoms with Gasteiger partial charge in [0.2, 0.25) is 0 Å². The largest absolute Gasteiger partial charge is 0.444 e. The number of carbonyl (C=O) groups is 2. The Bertz CT molecular complexity index is 595. The van der Waals surface area contributed by atoms with E-state index in [1.165, 1.54) is 5.56 Å². The average Bonchev–Trinajstić information content (AvgIpc) is 2.43. The van der Waals surface area contributed by atoms with Crippen LogP contribution >= 0.6 is 0 Å². The molecule has 0 bridgehead atoms. The number of likely N-dealkylation sites (N-methyl/N-ethyl adjacent to an activating group) is 1. The number of nitrogens with zero attached hydrogens (tertiary/aromatic N) is 1. The molecule has 5 nitrogen and oxygen atoms in total. The first-order valence-electron chi connectivity index (χ1n) is 8.65. The summed E-state index contributed by atoms with van der Waals surface area (Å²) < 4.78 is 5.23. The number of hydrogen-bond acceptors (Lipinski definition) is 3. The summed E-state index contributed by atoms with van der Waals surface area (Å²) in [6.45, 7) is 14.1. The summed E-state index contributed by atoms with van der Waals surface area (Å²) in [5, 5.41) is 2.75. The molecule has 1 atom stereocenters. The lowest BCUT2D eigenvalue weighted by molar-refractivity contribution is 0.0491. The molecule has 140 valence electrons. The Morgan fingerprint density at radius 3 is 2.04 bits per heavy atom. The second kappa shape index (κ2) is 7.89. The van der Waals surface area contributed by atoms with Gasteiger partial charge in [-0.05, 0) is 50.8 Å². The number of amides is 2. The van der Waals surface area contributed by atoms with E-state index in [0.29, 0.717) is 12.1 Å². The van der Waals surface area contributed by atoms with Crippen LogP contribution in [0.4, 0.5) is 4.79 Å². The van der Waals surface area contributed by atoms with Crippen molar-refractivity contribution in [2.75, 3.05) is 13.6 Å². The van der Waals surface area contributed by atoms with E-state index in [4.69, 9.17) is 4.74 Å². The Morgan fingerprint density at radius 1 is 1.08 bits per heavy atom. The standard InChI is InChI=1S/C20H32N2O3/c1-14(21-18(24)25-20(5,6)7)13-22(8)17(23)15-9-11-16(12-10-15)19(2,3)4/h9-12,14H,13H2,1-8H3,(H,21,24)/t14-/m0/s1. The number of benzene rings is 1. The minimum atomic E-state index is -0.541. The molecule has 5 heteroatoms. The second-order valence-electron chi connectivity index (χ2n) is 8.56. The lowest BCUT2D eigenvalue weighted by Crippen LogP contribution is -2.44. The fourth-order valence-corrected chi connectivity index (χ4v) is 2.38. The predicted octanol–water partition coefficient (Wildman–Crippen LogP) is 3.97. The maximum Gasteiger partial charge on any atom is 0.407 e. The topological polar surface area (TPSA) is 58.6 Å². The van der Waals surface area contributed by atoms with E-state index in [1.807, 2.05) is 52.0 Å². The molecule has 1 aromatic carbocycles. The van der Waals surface area contributed by atoms with Gasteiger partial charge in [0, 0.05) is 25.2 Å². The van der Waals surface area contributed by atoms with Gasteiger partial charge in [0.05, 0.1) is 0 Å². The number of alkyl carbamates (subject to hydrolysis) is 1. The third-order valence-electron chi connectivity index (χ3n) is 3.66. The summed E-state index contributed by atoms with van der Waals surface area (Å²) in [5.41, 5.74) is 1.34. The average molecular weight is 348 g/mol. The molecule has 0 spiro atoms. The Morgan fingerprint density at radius 2 is 1.60 bits per heavy atom. The lowest BCUT2D eigenvalue weighted by atomic mass is 9.86. The summed E-state index contributed by atoms with van der Waals surface area (Å²) in [4.78, 5) is 25.9. The van der Waals surface area contributed by atoms with Crippen LogP contribution in [0.1, 0.15) is 64.4 Å². The fraction of sp³-hybridized carbons (Fsp3) is 0.600. The van der Waals surface area contributed by atoms with Crippen LogP contribution < -0.4 is 5.32 Å².